The fraction of sp³-hybridized carbons (Fsp3) is 0.625. The van der Waals surface area contributed by atoms with E-state index in [9.17, 15) is 5.11 Å². The van der Waals surface area contributed by atoms with Crippen molar-refractivity contribution in [1.82, 2.24) is 5.32 Å². The molecule has 0 saturated carbocycles. The summed E-state index contributed by atoms with van der Waals surface area (Å²) in [5, 5.41) is 13.9. The lowest BCUT2D eigenvalue weighted by Crippen LogP contribution is -2.28. The summed E-state index contributed by atoms with van der Waals surface area (Å²) in [6.45, 7) is 1.09. The minimum atomic E-state index is 0.381. The molecule has 1 aromatic rings. The number of hydrogen-bond acceptors (Lipinski definition) is 2. The number of aryl methyl sites for hydroxylation is 1. The van der Waals surface area contributed by atoms with E-state index in [4.69, 9.17) is 0 Å². The molecule has 1 saturated heterocycles. The first-order chi connectivity index (χ1) is 8.86. The largest absolute Gasteiger partial charge is 0.508 e. The third-order valence-electron chi connectivity index (χ3n) is 4.46. The third-order valence-corrected chi connectivity index (χ3v) is 4.46. The number of phenols is 1. The van der Waals surface area contributed by atoms with Crippen LogP contribution in [-0.2, 0) is 12.8 Å². The van der Waals surface area contributed by atoms with Gasteiger partial charge in [0, 0.05) is 11.6 Å². The second-order valence-corrected chi connectivity index (χ2v) is 5.70. The van der Waals surface area contributed by atoms with Gasteiger partial charge in [0.25, 0.3) is 0 Å². The first kappa shape index (κ1) is 12.0. The molecule has 1 heterocycles. The summed E-state index contributed by atoms with van der Waals surface area (Å²) in [5.41, 5.74) is 4.15. The van der Waals surface area contributed by atoms with Crippen LogP contribution in [0, 0.1) is 0 Å². The van der Waals surface area contributed by atoms with Gasteiger partial charge in [-0.2, -0.15) is 0 Å². The second-order valence-electron chi connectivity index (χ2n) is 5.70. The van der Waals surface area contributed by atoms with E-state index in [-0.39, 0.29) is 0 Å². The Hall–Kier alpha value is -1.02. The van der Waals surface area contributed by atoms with E-state index in [1.54, 1.807) is 0 Å². The van der Waals surface area contributed by atoms with E-state index in [0.29, 0.717) is 11.8 Å². The monoisotopic (exact) mass is 245 g/mol. The van der Waals surface area contributed by atoms with E-state index in [0.717, 1.165) is 13.0 Å². The molecule has 2 N–H and O–H groups in total. The molecular formula is C16H23NO. The minimum Gasteiger partial charge on any atom is -0.508 e. The Labute approximate surface area is 109 Å². The van der Waals surface area contributed by atoms with Crippen molar-refractivity contribution in [2.75, 3.05) is 6.54 Å². The maximum absolute atomic E-state index is 10.3. The lowest BCUT2D eigenvalue weighted by Gasteiger charge is -2.27. The topological polar surface area (TPSA) is 32.3 Å². The molecule has 0 spiro atoms. The van der Waals surface area contributed by atoms with Gasteiger partial charge in [-0.25, -0.2) is 0 Å². The lowest BCUT2D eigenvalue weighted by molar-refractivity contribution is 0.388. The maximum Gasteiger partial charge on any atom is 0.120 e. The summed E-state index contributed by atoms with van der Waals surface area (Å²) in [7, 11) is 0. The minimum absolute atomic E-state index is 0.381. The molecule has 3 rings (SSSR count). The van der Waals surface area contributed by atoms with Gasteiger partial charge in [-0.15, -0.1) is 0 Å². The third kappa shape index (κ3) is 2.26. The number of fused-ring (bicyclic) bond motifs is 1. The fourth-order valence-corrected chi connectivity index (χ4v) is 3.51. The van der Waals surface area contributed by atoms with Crippen LogP contribution in [0.15, 0.2) is 12.1 Å². The van der Waals surface area contributed by atoms with Crippen molar-refractivity contribution in [1.29, 1.82) is 0 Å². The highest BCUT2D eigenvalue weighted by Crippen LogP contribution is 2.37. The van der Waals surface area contributed by atoms with E-state index in [1.807, 2.05) is 6.07 Å². The number of rotatable bonds is 1. The zero-order chi connectivity index (χ0) is 12.4. The van der Waals surface area contributed by atoms with E-state index in [1.165, 1.54) is 61.6 Å². The van der Waals surface area contributed by atoms with Gasteiger partial charge in [-0.1, -0.05) is 18.9 Å². The fourth-order valence-electron chi connectivity index (χ4n) is 3.51. The van der Waals surface area contributed by atoms with Crippen LogP contribution < -0.4 is 5.32 Å². The maximum atomic E-state index is 10.3. The van der Waals surface area contributed by atoms with Gasteiger partial charge in [0.05, 0.1) is 0 Å². The molecule has 0 radical (unpaired) electrons. The van der Waals surface area contributed by atoms with Crippen LogP contribution in [0.3, 0.4) is 0 Å². The van der Waals surface area contributed by atoms with Crippen LogP contribution >= 0.6 is 0 Å². The van der Waals surface area contributed by atoms with Crippen LogP contribution in [0.25, 0.3) is 0 Å². The first-order valence-electron chi connectivity index (χ1n) is 7.43. The molecule has 98 valence electrons. The highest BCUT2D eigenvalue weighted by atomic mass is 16.3. The highest BCUT2D eigenvalue weighted by Gasteiger charge is 2.23. The summed E-state index contributed by atoms with van der Waals surface area (Å²) >= 11 is 0. The summed E-state index contributed by atoms with van der Waals surface area (Å²) < 4.78 is 0. The Morgan fingerprint density at radius 3 is 2.72 bits per heavy atom. The second kappa shape index (κ2) is 5.31. The van der Waals surface area contributed by atoms with Crippen LogP contribution in [0.5, 0.6) is 5.75 Å². The van der Waals surface area contributed by atoms with Crippen molar-refractivity contribution < 1.29 is 5.11 Å². The molecule has 1 fully saturated rings. The number of aromatic hydroxyl groups is 1. The summed E-state index contributed by atoms with van der Waals surface area (Å²) in [5.74, 6) is 0.509. The smallest absolute Gasteiger partial charge is 0.120 e. The van der Waals surface area contributed by atoms with Crippen molar-refractivity contribution in [3.63, 3.8) is 0 Å². The van der Waals surface area contributed by atoms with Crippen molar-refractivity contribution in [3.8, 4) is 5.75 Å². The van der Waals surface area contributed by atoms with Gasteiger partial charge in [-0.05, 0) is 62.3 Å². The SMILES string of the molecule is Oc1ccc2c(c1C1CCCCN1)CCCCC2. The molecule has 0 aromatic heterocycles. The van der Waals surface area contributed by atoms with Gasteiger partial charge in [0.1, 0.15) is 5.75 Å². The van der Waals surface area contributed by atoms with Gasteiger partial charge >= 0.3 is 0 Å². The molecule has 1 aromatic carbocycles. The number of nitrogens with one attached hydrogen (secondary N) is 1. The van der Waals surface area contributed by atoms with Crippen LogP contribution in [-0.4, -0.2) is 11.7 Å². The number of phenolic OH excluding ortho intramolecular Hbond substituents is 1. The number of benzene rings is 1. The zero-order valence-electron chi connectivity index (χ0n) is 11.0. The average molecular weight is 245 g/mol. The van der Waals surface area contributed by atoms with E-state index >= 15 is 0 Å². The van der Waals surface area contributed by atoms with Crippen molar-refractivity contribution in [3.05, 3.63) is 28.8 Å². The van der Waals surface area contributed by atoms with Crippen molar-refractivity contribution in [2.24, 2.45) is 0 Å². The van der Waals surface area contributed by atoms with Crippen LogP contribution in [0.2, 0.25) is 0 Å². The molecule has 1 atom stereocenters. The van der Waals surface area contributed by atoms with Crippen molar-refractivity contribution >= 4 is 0 Å². The van der Waals surface area contributed by atoms with Crippen LogP contribution in [0.1, 0.15) is 61.3 Å². The number of piperidine rings is 1. The molecule has 1 unspecified atom stereocenters. The molecule has 1 aliphatic carbocycles. The molecule has 2 aliphatic rings. The lowest BCUT2D eigenvalue weighted by atomic mass is 9.88. The first-order valence-corrected chi connectivity index (χ1v) is 7.43. The molecule has 18 heavy (non-hydrogen) atoms. The summed E-state index contributed by atoms with van der Waals surface area (Å²) in [6, 6.07) is 4.43. The standard InChI is InChI=1S/C16H23NO/c18-15-10-9-12-6-2-1-3-7-13(12)16(15)14-8-4-5-11-17-14/h9-10,14,17-18H,1-8,11H2. The Kier molecular flexibility index (Phi) is 3.55. The molecule has 2 nitrogen and oxygen atoms in total. The van der Waals surface area contributed by atoms with Gasteiger partial charge in [-0.3, -0.25) is 0 Å². The number of hydrogen-bond donors (Lipinski definition) is 2. The Morgan fingerprint density at radius 2 is 1.89 bits per heavy atom. The van der Waals surface area contributed by atoms with Gasteiger partial charge < -0.3 is 10.4 Å². The summed E-state index contributed by atoms with van der Waals surface area (Å²) in [6.07, 6.45) is 9.96. The van der Waals surface area contributed by atoms with Crippen LogP contribution in [0.4, 0.5) is 0 Å². The predicted octanol–water partition coefficient (Wildman–Crippen LogP) is 3.48. The molecule has 0 bridgehead atoms. The van der Waals surface area contributed by atoms with E-state index in [2.05, 4.69) is 11.4 Å². The Morgan fingerprint density at radius 1 is 1.00 bits per heavy atom. The van der Waals surface area contributed by atoms with Gasteiger partial charge in [0.15, 0.2) is 0 Å². The quantitative estimate of drug-likeness (QED) is 0.742. The predicted molar refractivity (Wildman–Crippen MR) is 74.0 cm³/mol. The molecule has 1 aliphatic heterocycles. The normalized spacial score (nSPS) is 24.3. The Bertz CT molecular complexity index is 421. The zero-order valence-corrected chi connectivity index (χ0v) is 11.0. The average Bonchev–Trinajstić information content (AvgIpc) is 2.65. The van der Waals surface area contributed by atoms with Crippen molar-refractivity contribution in [2.45, 2.75) is 57.4 Å². The van der Waals surface area contributed by atoms with E-state index < -0.39 is 0 Å². The Balaban J connectivity index is 2.00. The highest BCUT2D eigenvalue weighted by molar-refractivity contribution is 5.47. The summed E-state index contributed by atoms with van der Waals surface area (Å²) in [4.78, 5) is 0. The molecular weight excluding hydrogens is 222 g/mol. The molecule has 0 amide bonds. The van der Waals surface area contributed by atoms with Gasteiger partial charge in [0.2, 0.25) is 0 Å². The molecule has 2 heteroatoms.